The van der Waals surface area contributed by atoms with Crippen LogP contribution >= 0.6 is 0 Å². The molecule has 0 bridgehead atoms. The van der Waals surface area contributed by atoms with Gasteiger partial charge in [0, 0.05) is 31.7 Å². The van der Waals surface area contributed by atoms with Crippen molar-refractivity contribution >= 4 is 0 Å². The van der Waals surface area contributed by atoms with Crippen molar-refractivity contribution in [3.05, 3.63) is 0 Å². The summed E-state index contributed by atoms with van der Waals surface area (Å²) in [6.07, 6.45) is 2.91. The maximum Gasteiger partial charge on any atom is 0.0192 e. The van der Waals surface area contributed by atoms with Gasteiger partial charge in [-0.15, -0.1) is 0 Å². The van der Waals surface area contributed by atoms with E-state index in [4.69, 9.17) is 0 Å². The molecular formula is C9H18N2. The Balaban J connectivity index is 1.86. The van der Waals surface area contributed by atoms with Crippen molar-refractivity contribution in [3.8, 4) is 0 Å². The van der Waals surface area contributed by atoms with Crippen LogP contribution in [0.2, 0.25) is 0 Å². The molecule has 2 heteroatoms. The second-order valence-electron chi connectivity index (χ2n) is 4.06. The van der Waals surface area contributed by atoms with Gasteiger partial charge in [0.25, 0.3) is 0 Å². The first-order valence-electron chi connectivity index (χ1n) is 4.71. The monoisotopic (exact) mass is 154 g/mol. The third kappa shape index (κ3) is 1.57. The normalized spacial score (nSPS) is 36.0. The Bertz CT molecular complexity index is 142. The second kappa shape index (κ2) is 2.76. The summed E-state index contributed by atoms with van der Waals surface area (Å²) in [6.45, 7) is 6.18. The highest BCUT2D eigenvalue weighted by molar-refractivity contribution is 4.89. The zero-order valence-corrected chi connectivity index (χ0v) is 7.58. The first-order valence-corrected chi connectivity index (χ1v) is 4.71. The van der Waals surface area contributed by atoms with E-state index >= 15 is 0 Å². The van der Waals surface area contributed by atoms with Crippen molar-refractivity contribution in [2.45, 2.75) is 31.8 Å². The summed E-state index contributed by atoms with van der Waals surface area (Å²) in [5.74, 6) is 0. The molecule has 1 heterocycles. The Morgan fingerprint density at radius 1 is 1.18 bits per heavy atom. The maximum absolute atomic E-state index is 2.66. The molecule has 0 aromatic carbocycles. The molecule has 0 N–H and O–H groups in total. The molecule has 0 unspecified atom stereocenters. The molecule has 2 aliphatic rings. The molecule has 1 saturated carbocycles. The SMILES string of the molecule is C[C@H]1CN(C2CC2)CCN1C. The van der Waals surface area contributed by atoms with Gasteiger partial charge in [0.2, 0.25) is 0 Å². The predicted octanol–water partition coefficient (Wildman–Crippen LogP) is 0.785. The smallest absolute Gasteiger partial charge is 0.0192 e. The van der Waals surface area contributed by atoms with Crippen LogP contribution in [0.3, 0.4) is 0 Å². The topological polar surface area (TPSA) is 6.48 Å². The number of hydrogen-bond acceptors (Lipinski definition) is 2. The van der Waals surface area contributed by atoms with Gasteiger partial charge in [-0.3, -0.25) is 4.90 Å². The summed E-state index contributed by atoms with van der Waals surface area (Å²) in [4.78, 5) is 5.11. The standard InChI is InChI=1S/C9H18N2/c1-8-7-11(9-3-4-9)6-5-10(8)2/h8-9H,3-7H2,1-2H3/t8-/m0/s1. The van der Waals surface area contributed by atoms with Gasteiger partial charge in [-0.2, -0.15) is 0 Å². The second-order valence-corrected chi connectivity index (χ2v) is 4.06. The average Bonchev–Trinajstić information content (AvgIpc) is 2.77. The van der Waals surface area contributed by atoms with E-state index in [2.05, 4.69) is 23.8 Å². The van der Waals surface area contributed by atoms with Crippen LogP contribution in [0, 0.1) is 0 Å². The van der Waals surface area contributed by atoms with Crippen molar-refractivity contribution in [1.82, 2.24) is 9.80 Å². The van der Waals surface area contributed by atoms with E-state index in [1.165, 1.54) is 32.5 Å². The van der Waals surface area contributed by atoms with E-state index in [9.17, 15) is 0 Å². The molecule has 2 fully saturated rings. The van der Waals surface area contributed by atoms with Crippen molar-refractivity contribution in [2.24, 2.45) is 0 Å². The number of piperazine rings is 1. The van der Waals surface area contributed by atoms with Gasteiger partial charge in [-0.05, 0) is 26.8 Å². The Labute approximate surface area is 69.2 Å². The minimum atomic E-state index is 0.768. The molecule has 0 radical (unpaired) electrons. The van der Waals surface area contributed by atoms with Gasteiger partial charge in [0.1, 0.15) is 0 Å². The Morgan fingerprint density at radius 3 is 2.45 bits per heavy atom. The molecule has 0 aromatic heterocycles. The molecule has 1 aliphatic carbocycles. The van der Waals surface area contributed by atoms with Crippen molar-refractivity contribution in [2.75, 3.05) is 26.7 Å². The molecule has 1 atom stereocenters. The van der Waals surface area contributed by atoms with E-state index in [0.29, 0.717) is 0 Å². The minimum absolute atomic E-state index is 0.768. The van der Waals surface area contributed by atoms with Crippen LogP contribution in [0.5, 0.6) is 0 Å². The quantitative estimate of drug-likeness (QED) is 0.551. The van der Waals surface area contributed by atoms with E-state index < -0.39 is 0 Å². The Hall–Kier alpha value is -0.0800. The molecule has 0 amide bonds. The molecule has 2 nitrogen and oxygen atoms in total. The van der Waals surface area contributed by atoms with Gasteiger partial charge in [0.05, 0.1) is 0 Å². The van der Waals surface area contributed by atoms with Crippen LogP contribution in [0.4, 0.5) is 0 Å². The summed E-state index contributed by atoms with van der Waals surface area (Å²) in [6, 6.07) is 1.73. The first kappa shape index (κ1) is 7.56. The van der Waals surface area contributed by atoms with Gasteiger partial charge < -0.3 is 4.90 Å². The molecular weight excluding hydrogens is 136 g/mol. The highest BCUT2D eigenvalue weighted by Gasteiger charge is 2.32. The van der Waals surface area contributed by atoms with Crippen LogP contribution in [0.1, 0.15) is 19.8 Å². The lowest BCUT2D eigenvalue weighted by Gasteiger charge is -2.37. The van der Waals surface area contributed by atoms with Crippen molar-refractivity contribution in [1.29, 1.82) is 0 Å². The fourth-order valence-electron chi connectivity index (χ4n) is 1.85. The van der Waals surface area contributed by atoms with Crippen LogP contribution in [0.15, 0.2) is 0 Å². The number of likely N-dealkylation sites (N-methyl/N-ethyl adjacent to an activating group) is 1. The largest absolute Gasteiger partial charge is 0.301 e. The van der Waals surface area contributed by atoms with E-state index in [-0.39, 0.29) is 0 Å². The van der Waals surface area contributed by atoms with E-state index in [0.717, 1.165) is 12.1 Å². The summed E-state index contributed by atoms with van der Waals surface area (Å²) in [7, 11) is 2.23. The maximum atomic E-state index is 2.66. The van der Waals surface area contributed by atoms with Crippen LogP contribution in [-0.2, 0) is 0 Å². The number of nitrogens with zero attached hydrogens (tertiary/aromatic N) is 2. The van der Waals surface area contributed by atoms with Crippen molar-refractivity contribution < 1.29 is 0 Å². The fourth-order valence-corrected chi connectivity index (χ4v) is 1.85. The van der Waals surface area contributed by atoms with Crippen LogP contribution in [0.25, 0.3) is 0 Å². The predicted molar refractivity (Wildman–Crippen MR) is 46.7 cm³/mol. The third-order valence-corrected chi connectivity index (χ3v) is 3.05. The van der Waals surface area contributed by atoms with E-state index in [1.807, 2.05) is 0 Å². The highest BCUT2D eigenvalue weighted by atomic mass is 15.3. The zero-order valence-electron chi connectivity index (χ0n) is 7.58. The van der Waals surface area contributed by atoms with Gasteiger partial charge in [-0.1, -0.05) is 0 Å². The van der Waals surface area contributed by atoms with E-state index in [1.54, 1.807) is 0 Å². The number of rotatable bonds is 1. The summed E-state index contributed by atoms with van der Waals surface area (Å²) in [5.41, 5.74) is 0. The molecule has 0 spiro atoms. The number of hydrogen-bond donors (Lipinski definition) is 0. The van der Waals surface area contributed by atoms with Crippen molar-refractivity contribution in [3.63, 3.8) is 0 Å². The summed E-state index contributed by atoms with van der Waals surface area (Å²) >= 11 is 0. The minimum Gasteiger partial charge on any atom is -0.301 e. The molecule has 1 aliphatic heterocycles. The van der Waals surface area contributed by atoms with Crippen LogP contribution < -0.4 is 0 Å². The average molecular weight is 154 g/mol. The molecule has 0 aromatic rings. The molecule has 64 valence electrons. The van der Waals surface area contributed by atoms with Crippen LogP contribution in [-0.4, -0.2) is 48.6 Å². The Kier molecular flexibility index (Phi) is 1.90. The summed E-state index contributed by atoms with van der Waals surface area (Å²) in [5, 5.41) is 0. The zero-order chi connectivity index (χ0) is 7.84. The molecule has 1 saturated heterocycles. The van der Waals surface area contributed by atoms with Gasteiger partial charge in [0.15, 0.2) is 0 Å². The van der Waals surface area contributed by atoms with Gasteiger partial charge in [-0.25, -0.2) is 0 Å². The first-order chi connectivity index (χ1) is 5.27. The summed E-state index contributed by atoms with van der Waals surface area (Å²) < 4.78 is 0. The fraction of sp³-hybridized carbons (Fsp3) is 1.00. The Morgan fingerprint density at radius 2 is 1.91 bits per heavy atom. The molecule has 11 heavy (non-hydrogen) atoms. The lowest BCUT2D eigenvalue weighted by molar-refractivity contribution is 0.0995. The molecule has 2 rings (SSSR count). The third-order valence-electron chi connectivity index (χ3n) is 3.05. The highest BCUT2D eigenvalue weighted by Crippen LogP contribution is 2.28. The lowest BCUT2D eigenvalue weighted by atomic mass is 10.2. The lowest BCUT2D eigenvalue weighted by Crippen LogP contribution is -2.50. The van der Waals surface area contributed by atoms with Gasteiger partial charge >= 0.3 is 0 Å².